The Morgan fingerprint density at radius 2 is 2.33 bits per heavy atom. The van der Waals surface area contributed by atoms with Crippen molar-refractivity contribution < 1.29 is 0 Å². The minimum absolute atomic E-state index is 0.570. The quantitative estimate of drug-likeness (QED) is 0.744. The number of hydrogen-bond donors (Lipinski definition) is 0. The maximum absolute atomic E-state index is 4.35. The van der Waals surface area contributed by atoms with Gasteiger partial charge in [0.15, 0.2) is 0 Å². The highest BCUT2D eigenvalue weighted by Crippen LogP contribution is 2.49. The Morgan fingerprint density at radius 3 is 3.22 bits per heavy atom. The van der Waals surface area contributed by atoms with Crippen molar-refractivity contribution in [2.24, 2.45) is 11.8 Å². The minimum atomic E-state index is 0.570. The van der Waals surface area contributed by atoms with Crippen LogP contribution in [0.25, 0.3) is 11.3 Å². The molecule has 1 unspecified atom stereocenters. The maximum atomic E-state index is 4.35. The van der Waals surface area contributed by atoms with E-state index in [0.717, 1.165) is 11.8 Å². The third-order valence-electron chi connectivity index (χ3n) is 4.63. The molecule has 1 fully saturated rings. The van der Waals surface area contributed by atoms with E-state index in [-0.39, 0.29) is 0 Å². The summed E-state index contributed by atoms with van der Waals surface area (Å²) in [5.74, 6) is 1.70. The van der Waals surface area contributed by atoms with Gasteiger partial charge in [0, 0.05) is 10.4 Å². The Morgan fingerprint density at radius 1 is 1.39 bits per heavy atom. The molecule has 0 saturated heterocycles. The molecule has 3 atom stereocenters. The normalized spacial score (nSPS) is 30.2. The molecule has 94 valence electrons. The van der Waals surface area contributed by atoms with Gasteiger partial charge in [-0.3, -0.25) is 0 Å². The van der Waals surface area contributed by atoms with Crippen molar-refractivity contribution in [2.45, 2.75) is 38.6 Å². The van der Waals surface area contributed by atoms with E-state index in [1.807, 2.05) is 23.9 Å². The second-order valence-electron chi connectivity index (χ2n) is 5.86. The lowest BCUT2D eigenvalue weighted by Crippen LogP contribution is -2.22. The Hall–Kier alpha value is -1.09. The Labute approximate surface area is 112 Å². The molecule has 18 heavy (non-hydrogen) atoms. The first-order valence-corrected chi connectivity index (χ1v) is 7.82. The first-order chi connectivity index (χ1) is 8.84. The lowest BCUT2D eigenvalue weighted by molar-refractivity contribution is 0.234. The molecule has 3 heteroatoms. The van der Waals surface area contributed by atoms with Crippen LogP contribution in [0, 0.1) is 11.8 Å². The molecular weight excluding hydrogens is 240 g/mol. The van der Waals surface area contributed by atoms with Crippen LogP contribution in [0.3, 0.4) is 0 Å². The number of thiophene rings is 1. The van der Waals surface area contributed by atoms with Gasteiger partial charge in [-0.1, -0.05) is 19.8 Å². The van der Waals surface area contributed by atoms with Crippen molar-refractivity contribution in [1.82, 2.24) is 9.55 Å². The van der Waals surface area contributed by atoms with E-state index in [1.165, 1.54) is 36.9 Å². The van der Waals surface area contributed by atoms with Gasteiger partial charge in [0.05, 0.1) is 24.3 Å². The van der Waals surface area contributed by atoms with Crippen LogP contribution in [0.1, 0.15) is 43.5 Å². The highest BCUT2D eigenvalue weighted by molar-refractivity contribution is 7.10. The summed E-state index contributed by atoms with van der Waals surface area (Å²) in [6.45, 7) is 2.41. The molecule has 2 aliphatic rings. The number of rotatable bonds is 1. The van der Waals surface area contributed by atoms with E-state index in [2.05, 4.69) is 27.9 Å². The average molecular weight is 258 g/mol. The summed E-state index contributed by atoms with van der Waals surface area (Å²) < 4.78 is 2.42. The molecule has 2 nitrogen and oxygen atoms in total. The molecular formula is C15H18N2S. The van der Waals surface area contributed by atoms with Crippen LogP contribution in [0.15, 0.2) is 24.0 Å². The van der Waals surface area contributed by atoms with Crippen LogP contribution in [0.5, 0.6) is 0 Å². The molecule has 0 spiro atoms. The molecule has 1 aliphatic heterocycles. The summed E-state index contributed by atoms with van der Waals surface area (Å²) in [6, 6.07) is 2.83. The van der Waals surface area contributed by atoms with Gasteiger partial charge in [-0.05, 0) is 36.1 Å². The standard InChI is InChI=1S/C15H18N2S/c1-10-3-2-4-11(7-10)14-15-12(5-6-18-15)13-8-16-9-17(13)14/h5-6,8-11,14H,2-4,7H2,1H3/t10-,11?,14+/m0/s1. The summed E-state index contributed by atoms with van der Waals surface area (Å²) >= 11 is 1.93. The van der Waals surface area contributed by atoms with Gasteiger partial charge in [-0.2, -0.15) is 0 Å². The maximum Gasteiger partial charge on any atom is 0.0957 e. The average Bonchev–Trinajstić information content (AvgIpc) is 2.99. The van der Waals surface area contributed by atoms with E-state index in [0.29, 0.717) is 6.04 Å². The van der Waals surface area contributed by atoms with Crippen molar-refractivity contribution in [1.29, 1.82) is 0 Å². The first-order valence-electron chi connectivity index (χ1n) is 6.94. The number of imidazole rings is 1. The van der Waals surface area contributed by atoms with Crippen molar-refractivity contribution in [3.05, 3.63) is 28.8 Å². The molecule has 0 bridgehead atoms. The van der Waals surface area contributed by atoms with Crippen molar-refractivity contribution >= 4 is 11.3 Å². The van der Waals surface area contributed by atoms with Gasteiger partial charge < -0.3 is 4.57 Å². The minimum Gasteiger partial charge on any atom is -0.322 e. The zero-order valence-electron chi connectivity index (χ0n) is 10.7. The number of nitrogens with zero attached hydrogens (tertiary/aromatic N) is 2. The van der Waals surface area contributed by atoms with Gasteiger partial charge in [-0.25, -0.2) is 4.98 Å². The molecule has 0 amide bonds. The van der Waals surface area contributed by atoms with Gasteiger partial charge in [0.2, 0.25) is 0 Å². The molecule has 3 heterocycles. The van der Waals surface area contributed by atoms with Crippen LogP contribution in [-0.2, 0) is 0 Å². The highest BCUT2D eigenvalue weighted by atomic mass is 32.1. The van der Waals surface area contributed by atoms with E-state index in [9.17, 15) is 0 Å². The van der Waals surface area contributed by atoms with E-state index in [1.54, 1.807) is 4.88 Å². The van der Waals surface area contributed by atoms with E-state index < -0.39 is 0 Å². The number of aromatic nitrogens is 2. The Kier molecular flexibility index (Phi) is 2.37. The zero-order valence-corrected chi connectivity index (χ0v) is 11.5. The second-order valence-corrected chi connectivity index (χ2v) is 6.81. The number of fused-ring (bicyclic) bond motifs is 3. The van der Waals surface area contributed by atoms with Gasteiger partial charge >= 0.3 is 0 Å². The van der Waals surface area contributed by atoms with Crippen LogP contribution < -0.4 is 0 Å². The van der Waals surface area contributed by atoms with Crippen molar-refractivity contribution in [2.75, 3.05) is 0 Å². The SMILES string of the molecule is C[C@H]1CCCC([C@@H]2c3sccc3-c3cncn32)C1. The molecule has 2 aromatic rings. The Bertz CT molecular complexity index is 528. The Balaban J connectivity index is 1.77. The molecule has 0 N–H and O–H groups in total. The third kappa shape index (κ3) is 1.43. The molecule has 4 rings (SSSR count). The molecule has 0 aromatic carbocycles. The van der Waals surface area contributed by atoms with Crippen molar-refractivity contribution in [3.8, 4) is 11.3 Å². The lowest BCUT2D eigenvalue weighted by Gasteiger charge is -2.32. The van der Waals surface area contributed by atoms with Gasteiger partial charge in [-0.15, -0.1) is 11.3 Å². The zero-order chi connectivity index (χ0) is 12.1. The van der Waals surface area contributed by atoms with Crippen LogP contribution in [0.2, 0.25) is 0 Å². The molecule has 2 aromatic heterocycles. The summed E-state index contributed by atoms with van der Waals surface area (Å²) in [7, 11) is 0. The monoisotopic (exact) mass is 258 g/mol. The van der Waals surface area contributed by atoms with E-state index >= 15 is 0 Å². The molecule has 0 radical (unpaired) electrons. The fourth-order valence-electron chi connectivity index (χ4n) is 3.83. The summed E-state index contributed by atoms with van der Waals surface area (Å²) in [6.07, 6.45) is 9.62. The molecule has 1 saturated carbocycles. The highest BCUT2D eigenvalue weighted by Gasteiger charge is 2.36. The predicted octanol–water partition coefficient (Wildman–Crippen LogP) is 4.34. The van der Waals surface area contributed by atoms with Gasteiger partial charge in [0.25, 0.3) is 0 Å². The third-order valence-corrected chi connectivity index (χ3v) is 5.62. The van der Waals surface area contributed by atoms with Crippen molar-refractivity contribution in [3.63, 3.8) is 0 Å². The van der Waals surface area contributed by atoms with Crippen LogP contribution in [-0.4, -0.2) is 9.55 Å². The fraction of sp³-hybridized carbons (Fsp3) is 0.533. The fourth-order valence-corrected chi connectivity index (χ4v) is 4.93. The predicted molar refractivity (Wildman–Crippen MR) is 74.8 cm³/mol. The first kappa shape index (κ1) is 10.8. The van der Waals surface area contributed by atoms with Crippen LogP contribution in [0.4, 0.5) is 0 Å². The number of hydrogen-bond acceptors (Lipinski definition) is 2. The summed E-state index contributed by atoms with van der Waals surface area (Å²) in [5, 5.41) is 2.24. The summed E-state index contributed by atoms with van der Waals surface area (Å²) in [4.78, 5) is 5.93. The van der Waals surface area contributed by atoms with Crippen LogP contribution >= 0.6 is 11.3 Å². The summed E-state index contributed by atoms with van der Waals surface area (Å²) in [5.41, 5.74) is 2.76. The largest absolute Gasteiger partial charge is 0.322 e. The topological polar surface area (TPSA) is 17.8 Å². The van der Waals surface area contributed by atoms with E-state index in [4.69, 9.17) is 0 Å². The lowest BCUT2D eigenvalue weighted by atomic mass is 9.78. The van der Waals surface area contributed by atoms with Gasteiger partial charge in [0.1, 0.15) is 0 Å². The second kappa shape index (κ2) is 3.95. The smallest absolute Gasteiger partial charge is 0.0957 e. The molecule has 1 aliphatic carbocycles.